The minimum atomic E-state index is 0.654. The summed E-state index contributed by atoms with van der Waals surface area (Å²) < 4.78 is 8.08. The molecule has 0 aromatic carbocycles. The molecular weight excluding hydrogens is 250 g/mol. The van der Waals surface area contributed by atoms with Crippen LogP contribution in [0.15, 0.2) is 16.8 Å². The molecule has 2 aromatic rings. The predicted molar refractivity (Wildman–Crippen MR) is 80.8 cm³/mol. The van der Waals surface area contributed by atoms with Crippen LogP contribution in [-0.4, -0.2) is 16.1 Å². The Morgan fingerprint density at radius 3 is 2.65 bits per heavy atom. The van der Waals surface area contributed by atoms with Gasteiger partial charge in [0.25, 0.3) is 0 Å². The van der Waals surface area contributed by atoms with Crippen molar-refractivity contribution in [3.8, 4) is 0 Å². The average molecular weight is 275 g/mol. The van der Waals surface area contributed by atoms with Crippen molar-refractivity contribution in [1.29, 1.82) is 0 Å². The Morgan fingerprint density at radius 2 is 2.05 bits per heavy atom. The third kappa shape index (κ3) is 3.51. The maximum atomic E-state index is 5.95. The van der Waals surface area contributed by atoms with E-state index in [9.17, 15) is 0 Å². The van der Waals surface area contributed by atoms with Crippen molar-refractivity contribution in [2.75, 3.05) is 6.54 Å². The number of aryl methyl sites for hydroxylation is 2. The van der Waals surface area contributed by atoms with Crippen LogP contribution in [-0.2, 0) is 13.1 Å². The summed E-state index contributed by atoms with van der Waals surface area (Å²) in [6.07, 6.45) is 1.87. The van der Waals surface area contributed by atoms with Crippen LogP contribution in [0.2, 0.25) is 0 Å². The highest BCUT2D eigenvalue weighted by Gasteiger charge is 2.10. The molecule has 0 spiro atoms. The van der Waals surface area contributed by atoms with Crippen molar-refractivity contribution in [1.82, 2.24) is 14.9 Å². The third-order valence-electron chi connectivity index (χ3n) is 3.58. The average Bonchev–Trinajstić information content (AvgIpc) is 2.87. The van der Waals surface area contributed by atoms with Gasteiger partial charge in [0, 0.05) is 5.69 Å². The van der Waals surface area contributed by atoms with E-state index in [4.69, 9.17) is 4.42 Å². The van der Waals surface area contributed by atoms with E-state index in [0.717, 1.165) is 36.8 Å². The zero-order valence-corrected chi connectivity index (χ0v) is 13.2. The molecule has 2 heterocycles. The number of nitrogens with zero attached hydrogens (tertiary/aromatic N) is 2. The molecule has 0 aliphatic rings. The largest absolute Gasteiger partial charge is 0.463 e. The van der Waals surface area contributed by atoms with Gasteiger partial charge in [0.2, 0.25) is 0 Å². The first-order valence-electron chi connectivity index (χ1n) is 7.24. The molecule has 0 atom stereocenters. The molecule has 4 nitrogen and oxygen atoms in total. The number of imidazole rings is 1. The molecule has 0 saturated carbocycles. The second-order valence-electron chi connectivity index (χ2n) is 5.89. The standard InChI is InChI=1S/C16H25N3O/c1-11(2)7-17-8-16-12(3)6-15(20-16)9-19-10-18-13(4)14(19)5/h6,10-11,17H,7-9H2,1-5H3. The molecule has 110 valence electrons. The zero-order chi connectivity index (χ0) is 14.7. The van der Waals surface area contributed by atoms with Crippen LogP contribution in [0.4, 0.5) is 0 Å². The molecule has 4 heteroatoms. The lowest BCUT2D eigenvalue weighted by atomic mass is 10.2. The molecule has 0 aliphatic carbocycles. The van der Waals surface area contributed by atoms with Gasteiger partial charge in [-0.1, -0.05) is 13.8 Å². The fourth-order valence-corrected chi connectivity index (χ4v) is 2.19. The normalized spacial score (nSPS) is 11.5. The number of furan rings is 1. The smallest absolute Gasteiger partial charge is 0.124 e. The minimum Gasteiger partial charge on any atom is -0.463 e. The van der Waals surface area contributed by atoms with Gasteiger partial charge < -0.3 is 14.3 Å². The van der Waals surface area contributed by atoms with E-state index in [-0.39, 0.29) is 0 Å². The lowest BCUT2D eigenvalue weighted by molar-refractivity contribution is 0.426. The number of aromatic nitrogens is 2. The first kappa shape index (κ1) is 14.9. The fraction of sp³-hybridized carbons (Fsp3) is 0.562. The summed E-state index contributed by atoms with van der Waals surface area (Å²) in [5.41, 5.74) is 3.48. The maximum Gasteiger partial charge on any atom is 0.124 e. The molecule has 0 fully saturated rings. The molecule has 0 aliphatic heterocycles. The molecular formula is C16H25N3O. The van der Waals surface area contributed by atoms with Crippen LogP contribution < -0.4 is 5.32 Å². The summed E-state index contributed by atoms with van der Waals surface area (Å²) >= 11 is 0. The quantitative estimate of drug-likeness (QED) is 0.880. The van der Waals surface area contributed by atoms with Crippen molar-refractivity contribution in [3.63, 3.8) is 0 Å². The highest BCUT2D eigenvalue weighted by atomic mass is 16.3. The molecule has 0 saturated heterocycles. The second-order valence-corrected chi connectivity index (χ2v) is 5.89. The lowest BCUT2D eigenvalue weighted by Gasteiger charge is -2.06. The lowest BCUT2D eigenvalue weighted by Crippen LogP contribution is -2.19. The summed E-state index contributed by atoms with van der Waals surface area (Å²) in [5, 5.41) is 3.42. The topological polar surface area (TPSA) is 43.0 Å². The van der Waals surface area contributed by atoms with E-state index in [1.165, 1.54) is 11.3 Å². The Morgan fingerprint density at radius 1 is 1.30 bits per heavy atom. The Balaban J connectivity index is 2.01. The maximum absolute atomic E-state index is 5.95. The van der Waals surface area contributed by atoms with Crippen LogP contribution in [0.1, 0.15) is 42.3 Å². The molecule has 0 unspecified atom stereocenters. The van der Waals surface area contributed by atoms with Gasteiger partial charge in [-0.25, -0.2) is 4.98 Å². The second kappa shape index (κ2) is 6.27. The Bertz CT molecular complexity index is 566. The zero-order valence-electron chi connectivity index (χ0n) is 13.2. The van der Waals surface area contributed by atoms with E-state index in [1.54, 1.807) is 0 Å². The van der Waals surface area contributed by atoms with Crippen molar-refractivity contribution in [2.24, 2.45) is 5.92 Å². The van der Waals surface area contributed by atoms with Crippen molar-refractivity contribution < 1.29 is 4.42 Å². The molecule has 0 amide bonds. The Kier molecular flexibility index (Phi) is 4.65. The van der Waals surface area contributed by atoms with E-state index < -0.39 is 0 Å². The number of nitrogens with one attached hydrogen (secondary N) is 1. The third-order valence-corrected chi connectivity index (χ3v) is 3.58. The molecule has 0 radical (unpaired) electrons. The molecule has 20 heavy (non-hydrogen) atoms. The van der Waals surface area contributed by atoms with Gasteiger partial charge in [0.15, 0.2) is 0 Å². The summed E-state index contributed by atoms with van der Waals surface area (Å²) in [6.45, 7) is 13.2. The Labute approximate surface area is 121 Å². The van der Waals surface area contributed by atoms with Gasteiger partial charge in [0.1, 0.15) is 11.5 Å². The predicted octanol–water partition coefficient (Wildman–Crippen LogP) is 3.20. The number of hydrogen-bond acceptors (Lipinski definition) is 3. The van der Waals surface area contributed by atoms with E-state index in [1.807, 2.05) is 13.3 Å². The van der Waals surface area contributed by atoms with Crippen LogP contribution in [0.25, 0.3) is 0 Å². The molecule has 2 rings (SSSR count). The van der Waals surface area contributed by atoms with Gasteiger partial charge in [-0.05, 0) is 44.9 Å². The summed E-state index contributed by atoms with van der Waals surface area (Å²) in [6, 6.07) is 2.13. The van der Waals surface area contributed by atoms with Gasteiger partial charge in [-0.2, -0.15) is 0 Å². The highest BCUT2D eigenvalue weighted by Crippen LogP contribution is 2.17. The molecule has 1 N–H and O–H groups in total. The summed E-state index contributed by atoms with van der Waals surface area (Å²) in [5.74, 6) is 2.68. The van der Waals surface area contributed by atoms with E-state index >= 15 is 0 Å². The SMILES string of the molecule is Cc1cc(Cn2cnc(C)c2C)oc1CNCC(C)C. The van der Waals surface area contributed by atoms with Crippen molar-refractivity contribution >= 4 is 0 Å². The van der Waals surface area contributed by atoms with Crippen LogP contribution in [0, 0.1) is 26.7 Å². The van der Waals surface area contributed by atoms with Gasteiger partial charge >= 0.3 is 0 Å². The summed E-state index contributed by atoms with van der Waals surface area (Å²) in [7, 11) is 0. The van der Waals surface area contributed by atoms with Gasteiger partial charge in [0.05, 0.1) is 25.1 Å². The van der Waals surface area contributed by atoms with E-state index in [0.29, 0.717) is 5.92 Å². The number of rotatable bonds is 6. The van der Waals surface area contributed by atoms with Gasteiger partial charge in [-0.15, -0.1) is 0 Å². The first-order chi connectivity index (χ1) is 9.47. The van der Waals surface area contributed by atoms with Crippen LogP contribution in [0.5, 0.6) is 0 Å². The minimum absolute atomic E-state index is 0.654. The number of hydrogen-bond donors (Lipinski definition) is 1. The highest BCUT2D eigenvalue weighted by molar-refractivity contribution is 5.21. The Hall–Kier alpha value is -1.55. The molecule has 0 bridgehead atoms. The first-order valence-corrected chi connectivity index (χ1v) is 7.24. The summed E-state index contributed by atoms with van der Waals surface area (Å²) in [4.78, 5) is 4.32. The van der Waals surface area contributed by atoms with Crippen LogP contribution in [0.3, 0.4) is 0 Å². The molecule has 2 aromatic heterocycles. The fourth-order valence-electron chi connectivity index (χ4n) is 2.19. The van der Waals surface area contributed by atoms with Crippen molar-refractivity contribution in [2.45, 2.75) is 47.7 Å². The monoisotopic (exact) mass is 275 g/mol. The van der Waals surface area contributed by atoms with Crippen LogP contribution >= 0.6 is 0 Å². The van der Waals surface area contributed by atoms with Gasteiger partial charge in [-0.3, -0.25) is 0 Å². The van der Waals surface area contributed by atoms with E-state index in [2.05, 4.69) is 48.6 Å². The van der Waals surface area contributed by atoms with Crippen molar-refractivity contribution in [3.05, 3.63) is 40.9 Å².